The van der Waals surface area contributed by atoms with Gasteiger partial charge in [0.2, 0.25) is 0 Å². The zero-order chi connectivity index (χ0) is 22.9. The lowest BCUT2D eigenvalue weighted by atomic mass is 10.0. The summed E-state index contributed by atoms with van der Waals surface area (Å²) in [5, 5.41) is 2.02. The first-order valence-electron chi connectivity index (χ1n) is 10.7. The first-order valence-corrected chi connectivity index (χ1v) is 10.7. The largest absolute Gasteiger partial charge is 0.490 e. The molecule has 0 N–H and O–H groups in total. The van der Waals surface area contributed by atoms with Crippen LogP contribution in [-0.2, 0) is 9.53 Å². The third-order valence-electron chi connectivity index (χ3n) is 4.67. The predicted molar refractivity (Wildman–Crippen MR) is 126 cm³/mol. The van der Waals surface area contributed by atoms with Crippen molar-refractivity contribution in [2.45, 2.75) is 20.8 Å². The third-order valence-corrected chi connectivity index (χ3v) is 4.67. The van der Waals surface area contributed by atoms with Crippen LogP contribution in [0.1, 0.15) is 36.7 Å². The average Bonchev–Trinajstić information content (AvgIpc) is 2.80. The molecule has 0 heterocycles. The molecule has 3 aromatic carbocycles. The molecule has 0 saturated carbocycles. The van der Waals surface area contributed by atoms with Gasteiger partial charge < -0.3 is 14.2 Å². The van der Waals surface area contributed by atoms with Gasteiger partial charge in [0.25, 0.3) is 0 Å². The molecular formula is C27H28O5. The monoisotopic (exact) mass is 432 g/mol. The van der Waals surface area contributed by atoms with Gasteiger partial charge in [-0.3, -0.25) is 4.79 Å². The standard InChI is InChI=1S/C27H28O5/c1-4-30-26-15-20(9-13-25(26)31-17-19(2)3)10-14-27(29)32-18-24(28)23-12-11-21-7-5-6-8-22(21)16-23/h5-16,19H,4,17-18H2,1-3H3. The molecule has 166 valence electrons. The Kier molecular flexibility index (Phi) is 8.03. The highest BCUT2D eigenvalue weighted by molar-refractivity contribution is 6.01. The molecular weight excluding hydrogens is 404 g/mol. The Morgan fingerprint density at radius 1 is 0.906 bits per heavy atom. The number of fused-ring (bicyclic) bond motifs is 1. The summed E-state index contributed by atoms with van der Waals surface area (Å²) >= 11 is 0. The Bertz CT molecular complexity index is 1110. The van der Waals surface area contributed by atoms with Crippen LogP contribution in [0.4, 0.5) is 0 Å². The van der Waals surface area contributed by atoms with Gasteiger partial charge in [-0.2, -0.15) is 0 Å². The van der Waals surface area contributed by atoms with Gasteiger partial charge >= 0.3 is 5.97 Å². The minimum absolute atomic E-state index is 0.247. The quantitative estimate of drug-likeness (QED) is 0.233. The van der Waals surface area contributed by atoms with E-state index in [-0.39, 0.29) is 12.4 Å². The van der Waals surface area contributed by atoms with Crippen molar-refractivity contribution in [2.75, 3.05) is 19.8 Å². The van der Waals surface area contributed by atoms with Crippen molar-refractivity contribution in [1.29, 1.82) is 0 Å². The van der Waals surface area contributed by atoms with Gasteiger partial charge in [0.05, 0.1) is 13.2 Å². The summed E-state index contributed by atoms with van der Waals surface area (Å²) in [5.74, 6) is 0.854. The van der Waals surface area contributed by atoms with E-state index in [0.717, 1.165) is 16.3 Å². The maximum absolute atomic E-state index is 12.4. The van der Waals surface area contributed by atoms with Gasteiger partial charge in [0, 0.05) is 11.6 Å². The van der Waals surface area contributed by atoms with E-state index in [1.54, 1.807) is 18.2 Å². The molecule has 0 atom stereocenters. The molecule has 0 spiro atoms. The first-order chi connectivity index (χ1) is 15.5. The van der Waals surface area contributed by atoms with Crippen molar-refractivity contribution in [1.82, 2.24) is 0 Å². The second kappa shape index (κ2) is 11.1. The number of carbonyl (C=O) groups excluding carboxylic acids is 2. The van der Waals surface area contributed by atoms with E-state index in [1.165, 1.54) is 6.08 Å². The molecule has 0 radical (unpaired) electrons. The zero-order valence-electron chi connectivity index (χ0n) is 18.7. The highest BCUT2D eigenvalue weighted by Gasteiger charge is 2.10. The normalized spacial score (nSPS) is 11.1. The maximum atomic E-state index is 12.4. The highest BCUT2D eigenvalue weighted by Crippen LogP contribution is 2.29. The second-order valence-electron chi connectivity index (χ2n) is 7.77. The average molecular weight is 433 g/mol. The fourth-order valence-electron chi connectivity index (χ4n) is 3.07. The molecule has 0 saturated heterocycles. The fraction of sp³-hybridized carbons (Fsp3) is 0.259. The summed E-state index contributed by atoms with van der Waals surface area (Å²) in [6.07, 6.45) is 2.92. The first kappa shape index (κ1) is 23.1. The molecule has 3 aromatic rings. The van der Waals surface area contributed by atoms with Crippen LogP contribution < -0.4 is 9.47 Å². The number of rotatable bonds is 10. The van der Waals surface area contributed by atoms with Crippen molar-refractivity contribution < 1.29 is 23.8 Å². The van der Waals surface area contributed by atoms with Crippen molar-refractivity contribution in [3.8, 4) is 11.5 Å². The van der Waals surface area contributed by atoms with Crippen LogP contribution in [0.3, 0.4) is 0 Å². The highest BCUT2D eigenvalue weighted by atomic mass is 16.5. The summed E-state index contributed by atoms with van der Waals surface area (Å²) < 4.78 is 16.6. The van der Waals surface area contributed by atoms with Crippen molar-refractivity contribution in [2.24, 2.45) is 5.92 Å². The van der Waals surface area contributed by atoms with Gasteiger partial charge in [-0.05, 0) is 53.5 Å². The van der Waals surface area contributed by atoms with E-state index >= 15 is 0 Å². The minimum Gasteiger partial charge on any atom is -0.490 e. The lowest BCUT2D eigenvalue weighted by Gasteiger charge is -2.14. The molecule has 0 fully saturated rings. The van der Waals surface area contributed by atoms with Crippen LogP contribution in [0.25, 0.3) is 16.8 Å². The smallest absolute Gasteiger partial charge is 0.331 e. The molecule has 0 aliphatic heterocycles. The van der Waals surface area contributed by atoms with Crippen LogP contribution in [-0.4, -0.2) is 31.6 Å². The number of ketones is 1. The maximum Gasteiger partial charge on any atom is 0.331 e. The van der Waals surface area contributed by atoms with Gasteiger partial charge in [-0.25, -0.2) is 4.79 Å². The van der Waals surface area contributed by atoms with Crippen LogP contribution >= 0.6 is 0 Å². The van der Waals surface area contributed by atoms with Crippen LogP contribution in [0.15, 0.2) is 66.7 Å². The van der Waals surface area contributed by atoms with Crippen LogP contribution in [0, 0.1) is 5.92 Å². The molecule has 0 aliphatic rings. The molecule has 0 amide bonds. The van der Waals surface area contributed by atoms with E-state index in [0.29, 0.717) is 36.2 Å². The zero-order valence-corrected chi connectivity index (χ0v) is 18.7. The summed E-state index contributed by atoms with van der Waals surface area (Å²) in [6, 6.07) is 18.7. The molecule has 0 bridgehead atoms. The number of hydrogen-bond acceptors (Lipinski definition) is 5. The Morgan fingerprint density at radius 3 is 2.44 bits per heavy atom. The van der Waals surface area contributed by atoms with Gasteiger partial charge in [-0.15, -0.1) is 0 Å². The molecule has 0 aromatic heterocycles. The summed E-state index contributed by atoms with van der Waals surface area (Å²) in [4.78, 5) is 24.5. The Morgan fingerprint density at radius 2 is 1.69 bits per heavy atom. The lowest BCUT2D eigenvalue weighted by Crippen LogP contribution is -2.12. The molecule has 5 heteroatoms. The number of hydrogen-bond donors (Lipinski definition) is 0. The number of benzene rings is 3. The van der Waals surface area contributed by atoms with Gasteiger partial charge in [-0.1, -0.05) is 56.3 Å². The second-order valence-corrected chi connectivity index (χ2v) is 7.77. The van der Waals surface area contributed by atoms with Crippen molar-refractivity contribution in [3.63, 3.8) is 0 Å². The van der Waals surface area contributed by atoms with Crippen molar-refractivity contribution in [3.05, 3.63) is 77.9 Å². The van der Waals surface area contributed by atoms with Gasteiger partial charge in [0.15, 0.2) is 23.9 Å². The van der Waals surface area contributed by atoms with E-state index < -0.39 is 5.97 Å². The van der Waals surface area contributed by atoms with E-state index in [4.69, 9.17) is 14.2 Å². The van der Waals surface area contributed by atoms with E-state index in [1.807, 2.05) is 55.5 Å². The van der Waals surface area contributed by atoms with Crippen LogP contribution in [0.2, 0.25) is 0 Å². The lowest BCUT2D eigenvalue weighted by molar-refractivity contribution is -0.136. The number of esters is 1. The molecule has 3 rings (SSSR count). The van der Waals surface area contributed by atoms with E-state index in [2.05, 4.69) is 13.8 Å². The third kappa shape index (κ3) is 6.45. The molecule has 0 aliphatic carbocycles. The Hall–Kier alpha value is -3.60. The van der Waals surface area contributed by atoms with Crippen LogP contribution in [0.5, 0.6) is 11.5 Å². The predicted octanol–water partition coefficient (Wildman–Crippen LogP) is 5.71. The Labute approximate surface area is 188 Å². The van der Waals surface area contributed by atoms with Crippen molar-refractivity contribution >= 4 is 28.6 Å². The summed E-state index contributed by atoms with van der Waals surface area (Å²) in [5.41, 5.74) is 1.28. The SMILES string of the molecule is CCOc1cc(C=CC(=O)OCC(=O)c2ccc3ccccc3c2)ccc1OCC(C)C. The number of ether oxygens (including phenoxy) is 3. The topological polar surface area (TPSA) is 61.8 Å². The fourth-order valence-corrected chi connectivity index (χ4v) is 3.07. The minimum atomic E-state index is -0.586. The Balaban J connectivity index is 1.59. The molecule has 0 unspecified atom stereocenters. The number of carbonyl (C=O) groups is 2. The molecule has 32 heavy (non-hydrogen) atoms. The summed E-state index contributed by atoms with van der Waals surface area (Å²) in [7, 11) is 0. The number of Topliss-reactive ketones (excluding diaryl/α,β-unsaturated/α-hetero) is 1. The van der Waals surface area contributed by atoms with Gasteiger partial charge in [0.1, 0.15) is 0 Å². The van der Waals surface area contributed by atoms with E-state index in [9.17, 15) is 9.59 Å². The molecule has 5 nitrogen and oxygen atoms in total. The summed E-state index contributed by atoms with van der Waals surface area (Å²) in [6.45, 7) is 6.84.